The van der Waals surface area contributed by atoms with Crippen molar-refractivity contribution in [1.82, 2.24) is 9.55 Å². The van der Waals surface area contributed by atoms with Crippen LogP contribution >= 0.6 is 0 Å². The van der Waals surface area contributed by atoms with E-state index in [9.17, 15) is 0 Å². The summed E-state index contributed by atoms with van der Waals surface area (Å²) < 4.78 is 1.70. The molecule has 0 radical (unpaired) electrons. The van der Waals surface area contributed by atoms with Gasteiger partial charge in [-0.25, -0.2) is 4.98 Å². The molecule has 0 aromatic carbocycles. The maximum atomic E-state index is 8.94. The van der Waals surface area contributed by atoms with E-state index in [0.717, 1.165) is 0 Å². The largest absolute Gasteiger partial charge is 0.395 e. The van der Waals surface area contributed by atoms with E-state index >= 15 is 0 Å². The quantitative estimate of drug-likeness (QED) is 0.796. The molecule has 78 valence electrons. The van der Waals surface area contributed by atoms with E-state index in [1.54, 1.807) is 16.8 Å². The third-order valence-corrected chi connectivity index (χ3v) is 2.30. The first kappa shape index (κ1) is 10.2. The molecule has 0 bridgehead atoms. The second kappa shape index (κ2) is 4.01. The van der Waals surface area contributed by atoms with Crippen LogP contribution in [0.4, 0.5) is 0 Å². The van der Waals surface area contributed by atoms with E-state index in [-0.39, 0.29) is 6.61 Å². The van der Waals surface area contributed by atoms with Crippen LogP contribution < -0.4 is 0 Å². The van der Waals surface area contributed by atoms with Crippen molar-refractivity contribution in [3.63, 3.8) is 0 Å². The number of pyridine rings is 1. The SMILES string of the molecule is N#Cc1cnc2c(c1)c(C#N)cn2CCO. The van der Waals surface area contributed by atoms with Gasteiger partial charge < -0.3 is 9.67 Å². The predicted octanol–water partition coefficient (Wildman–Crippen LogP) is 0.772. The molecule has 0 aliphatic heterocycles. The number of nitriles is 2. The van der Waals surface area contributed by atoms with Crippen molar-refractivity contribution < 1.29 is 5.11 Å². The van der Waals surface area contributed by atoms with Gasteiger partial charge in [-0.1, -0.05) is 0 Å². The molecule has 2 aromatic heterocycles. The summed E-state index contributed by atoms with van der Waals surface area (Å²) in [6.45, 7) is 0.368. The zero-order chi connectivity index (χ0) is 11.5. The van der Waals surface area contributed by atoms with Crippen LogP contribution in [0.25, 0.3) is 11.0 Å². The van der Waals surface area contributed by atoms with Crippen molar-refractivity contribution in [2.45, 2.75) is 6.54 Å². The van der Waals surface area contributed by atoms with Gasteiger partial charge in [0, 0.05) is 24.3 Å². The van der Waals surface area contributed by atoms with Crippen molar-refractivity contribution in [1.29, 1.82) is 10.5 Å². The fourth-order valence-corrected chi connectivity index (χ4v) is 1.60. The Morgan fingerprint density at radius 2 is 2.19 bits per heavy atom. The Balaban J connectivity index is 2.71. The molecule has 0 saturated carbocycles. The van der Waals surface area contributed by atoms with Crippen molar-refractivity contribution in [3.8, 4) is 12.1 Å². The second-order valence-corrected chi connectivity index (χ2v) is 3.28. The molecule has 0 fully saturated rings. The summed E-state index contributed by atoms with van der Waals surface area (Å²) in [6.07, 6.45) is 3.09. The van der Waals surface area contributed by atoms with Crippen molar-refractivity contribution >= 4 is 11.0 Å². The number of rotatable bonds is 2. The number of fused-ring (bicyclic) bond motifs is 1. The average molecular weight is 212 g/mol. The van der Waals surface area contributed by atoms with Crippen LogP contribution in [-0.2, 0) is 6.54 Å². The van der Waals surface area contributed by atoms with Gasteiger partial charge in [-0.15, -0.1) is 0 Å². The molecule has 0 aliphatic rings. The van der Waals surface area contributed by atoms with Gasteiger partial charge in [0.2, 0.25) is 0 Å². The molecular formula is C11H8N4O. The molecule has 5 nitrogen and oxygen atoms in total. The minimum Gasteiger partial charge on any atom is -0.395 e. The lowest BCUT2D eigenvalue weighted by Crippen LogP contribution is -2.01. The van der Waals surface area contributed by atoms with Gasteiger partial charge in [-0.05, 0) is 6.07 Å². The van der Waals surface area contributed by atoms with Crippen LogP contribution in [0.3, 0.4) is 0 Å². The second-order valence-electron chi connectivity index (χ2n) is 3.28. The Bertz CT molecular complexity index is 615. The van der Waals surface area contributed by atoms with Gasteiger partial charge in [-0.2, -0.15) is 10.5 Å². The standard InChI is InChI=1S/C11H8N4O/c12-4-8-3-10-9(5-13)7-15(1-2-16)11(10)14-6-8/h3,6-7,16H,1-2H2. The molecule has 1 N–H and O–H groups in total. The van der Waals surface area contributed by atoms with E-state index in [4.69, 9.17) is 15.6 Å². The maximum absolute atomic E-state index is 8.94. The van der Waals surface area contributed by atoms with Gasteiger partial charge in [-0.3, -0.25) is 0 Å². The van der Waals surface area contributed by atoms with Crippen LogP contribution in [0.1, 0.15) is 11.1 Å². The lowest BCUT2D eigenvalue weighted by molar-refractivity contribution is 0.278. The van der Waals surface area contributed by atoms with E-state index in [2.05, 4.69) is 4.98 Å². The van der Waals surface area contributed by atoms with Crippen molar-refractivity contribution in [3.05, 3.63) is 29.6 Å². The first-order chi connectivity index (χ1) is 7.80. The molecule has 0 saturated heterocycles. The fraction of sp³-hybridized carbons (Fsp3) is 0.182. The van der Waals surface area contributed by atoms with E-state index in [0.29, 0.717) is 28.7 Å². The third kappa shape index (κ3) is 1.50. The molecule has 0 aliphatic carbocycles. The highest BCUT2D eigenvalue weighted by Gasteiger charge is 2.09. The minimum atomic E-state index is -0.0175. The zero-order valence-corrected chi connectivity index (χ0v) is 8.38. The van der Waals surface area contributed by atoms with Crippen LogP contribution in [0.5, 0.6) is 0 Å². The Kier molecular flexibility index (Phi) is 2.55. The Morgan fingerprint density at radius 1 is 1.38 bits per heavy atom. The third-order valence-electron chi connectivity index (χ3n) is 2.30. The maximum Gasteiger partial charge on any atom is 0.141 e. The summed E-state index contributed by atoms with van der Waals surface area (Å²) in [7, 11) is 0. The Labute approximate surface area is 91.8 Å². The number of aromatic nitrogens is 2. The topological polar surface area (TPSA) is 85.6 Å². The smallest absolute Gasteiger partial charge is 0.141 e. The molecule has 0 unspecified atom stereocenters. The first-order valence-corrected chi connectivity index (χ1v) is 4.70. The van der Waals surface area contributed by atoms with Gasteiger partial charge in [0.25, 0.3) is 0 Å². The predicted molar refractivity (Wildman–Crippen MR) is 56.2 cm³/mol. The van der Waals surface area contributed by atoms with Gasteiger partial charge in [0.05, 0.1) is 17.7 Å². The molecule has 0 atom stereocenters. The fourth-order valence-electron chi connectivity index (χ4n) is 1.60. The number of aliphatic hydroxyl groups is 1. The summed E-state index contributed by atoms with van der Waals surface area (Å²) in [5.74, 6) is 0. The molecule has 2 rings (SSSR count). The molecule has 2 heterocycles. The van der Waals surface area contributed by atoms with Gasteiger partial charge in [0.15, 0.2) is 0 Å². The van der Waals surface area contributed by atoms with Gasteiger partial charge in [0.1, 0.15) is 17.8 Å². The van der Waals surface area contributed by atoms with Crippen LogP contribution in [0.15, 0.2) is 18.5 Å². The van der Waals surface area contributed by atoms with Crippen molar-refractivity contribution in [2.75, 3.05) is 6.61 Å². The highest BCUT2D eigenvalue weighted by molar-refractivity contribution is 5.84. The number of aliphatic hydroxyl groups excluding tert-OH is 1. The Hall–Kier alpha value is -2.37. The molecule has 16 heavy (non-hydrogen) atoms. The average Bonchev–Trinajstić information content (AvgIpc) is 2.67. The van der Waals surface area contributed by atoms with E-state index in [1.807, 2.05) is 12.1 Å². The monoisotopic (exact) mass is 212 g/mol. The van der Waals surface area contributed by atoms with Gasteiger partial charge >= 0.3 is 0 Å². The molecule has 5 heteroatoms. The van der Waals surface area contributed by atoms with Crippen LogP contribution in [0, 0.1) is 22.7 Å². The van der Waals surface area contributed by atoms with Crippen molar-refractivity contribution in [2.24, 2.45) is 0 Å². The normalized spacial score (nSPS) is 9.94. The lowest BCUT2D eigenvalue weighted by atomic mass is 10.2. The minimum absolute atomic E-state index is 0.0175. The molecule has 0 spiro atoms. The number of hydrogen-bond acceptors (Lipinski definition) is 4. The highest BCUT2D eigenvalue weighted by Crippen LogP contribution is 2.19. The molecule has 2 aromatic rings. The summed E-state index contributed by atoms with van der Waals surface area (Å²) in [4.78, 5) is 4.12. The van der Waals surface area contributed by atoms with E-state index < -0.39 is 0 Å². The number of nitrogens with zero attached hydrogens (tertiary/aromatic N) is 4. The summed E-state index contributed by atoms with van der Waals surface area (Å²) in [6, 6.07) is 5.66. The Morgan fingerprint density at radius 3 is 2.81 bits per heavy atom. The molecule has 0 amide bonds. The summed E-state index contributed by atoms with van der Waals surface area (Å²) in [5, 5.41) is 27.2. The molecular weight excluding hydrogens is 204 g/mol. The summed E-state index contributed by atoms with van der Waals surface area (Å²) >= 11 is 0. The van der Waals surface area contributed by atoms with E-state index in [1.165, 1.54) is 6.20 Å². The van der Waals surface area contributed by atoms with Crippen LogP contribution in [0.2, 0.25) is 0 Å². The first-order valence-electron chi connectivity index (χ1n) is 4.70. The van der Waals surface area contributed by atoms with Crippen LogP contribution in [-0.4, -0.2) is 21.3 Å². The summed E-state index contributed by atoms with van der Waals surface area (Å²) in [5.41, 5.74) is 1.50. The zero-order valence-electron chi connectivity index (χ0n) is 8.38. The highest BCUT2D eigenvalue weighted by atomic mass is 16.3. The number of hydrogen-bond donors (Lipinski definition) is 1. The lowest BCUT2D eigenvalue weighted by Gasteiger charge is -2.00.